The predicted octanol–water partition coefficient (Wildman–Crippen LogP) is 22.3. The highest BCUT2D eigenvalue weighted by molar-refractivity contribution is 5.71. The third kappa shape index (κ3) is 61.4. The minimum Gasteiger partial charge on any atom is -0.462 e. The van der Waals surface area contributed by atoms with Crippen LogP contribution in [0.1, 0.15) is 323 Å². The van der Waals surface area contributed by atoms with Gasteiger partial charge in [-0.1, -0.05) is 292 Å². The van der Waals surface area contributed by atoms with Gasteiger partial charge in [0.25, 0.3) is 0 Å². The molecule has 0 aliphatic carbocycles. The zero-order valence-corrected chi connectivity index (χ0v) is 50.3. The van der Waals surface area contributed by atoms with Gasteiger partial charge < -0.3 is 14.2 Å². The smallest absolute Gasteiger partial charge is 0.306 e. The molecular formula is C70H122O6. The Morgan fingerprint density at radius 1 is 0.276 bits per heavy atom. The molecule has 1 unspecified atom stereocenters. The lowest BCUT2D eigenvalue weighted by molar-refractivity contribution is -0.167. The fourth-order valence-electron chi connectivity index (χ4n) is 9.27. The molecule has 0 aromatic rings. The number of allylic oxidation sites excluding steroid dienone is 14. The maximum Gasteiger partial charge on any atom is 0.306 e. The van der Waals surface area contributed by atoms with Gasteiger partial charge in [-0.05, 0) is 96.3 Å². The number of carbonyl (C=O) groups is 3. The van der Waals surface area contributed by atoms with Crippen molar-refractivity contribution in [3.05, 3.63) is 85.1 Å². The number of rotatable bonds is 59. The van der Waals surface area contributed by atoms with E-state index in [0.29, 0.717) is 19.3 Å². The lowest BCUT2D eigenvalue weighted by atomic mass is 10.0. The summed E-state index contributed by atoms with van der Waals surface area (Å²) in [6, 6.07) is 0. The van der Waals surface area contributed by atoms with Gasteiger partial charge in [-0.3, -0.25) is 14.4 Å². The van der Waals surface area contributed by atoms with Crippen LogP contribution in [0.2, 0.25) is 0 Å². The first-order chi connectivity index (χ1) is 37.5. The van der Waals surface area contributed by atoms with E-state index in [1.54, 1.807) is 0 Å². The average molecular weight is 1060 g/mol. The average Bonchev–Trinajstić information content (AvgIpc) is 3.42. The van der Waals surface area contributed by atoms with Crippen molar-refractivity contribution >= 4 is 17.9 Å². The van der Waals surface area contributed by atoms with Crippen LogP contribution in [0.3, 0.4) is 0 Å². The number of hydrogen-bond donors (Lipinski definition) is 0. The maximum absolute atomic E-state index is 12.8. The molecule has 0 aliphatic rings. The molecule has 0 fully saturated rings. The Morgan fingerprint density at radius 2 is 0.513 bits per heavy atom. The molecule has 0 saturated heterocycles. The summed E-state index contributed by atoms with van der Waals surface area (Å²) in [4.78, 5) is 38.0. The van der Waals surface area contributed by atoms with E-state index in [2.05, 4.69) is 106 Å². The molecule has 6 heteroatoms. The van der Waals surface area contributed by atoms with Crippen LogP contribution in [-0.4, -0.2) is 37.2 Å². The molecule has 76 heavy (non-hydrogen) atoms. The van der Waals surface area contributed by atoms with Crippen LogP contribution in [0.15, 0.2) is 85.1 Å². The molecule has 0 radical (unpaired) electrons. The fourth-order valence-corrected chi connectivity index (χ4v) is 9.27. The van der Waals surface area contributed by atoms with Crippen molar-refractivity contribution in [3.63, 3.8) is 0 Å². The molecular weight excluding hydrogens is 937 g/mol. The lowest BCUT2D eigenvalue weighted by Gasteiger charge is -2.18. The molecule has 0 bridgehead atoms. The summed E-state index contributed by atoms with van der Waals surface area (Å²) >= 11 is 0. The number of carbonyl (C=O) groups excluding carboxylic acids is 3. The van der Waals surface area contributed by atoms with E-state index in [-0.39, 0.29) is 31.1 Å². The molecule has 6 nitrogen and oxygen atoms in total. The molecule has 0 heterocycles. The Hall–Kier alpha value is -3.41. The van der Waals surface area contributed by atoms with Gasteiger partial charge in [0.05, 0.1) is 0 Å². The zero-order valence-electron chi connectivity index (χ0n) is 50.3. The van der Waals surface area contributed by atoms with Crippen LogP contribution < -0.4 is 0 Å². The fraction of sp³-hybridized carbons (Fsp3) is 0.757. The molecule has 0 spiro atoms. The van der Waals surface area contributed by atoms with Crippen LogP contribution in [0.5, 0.6) is 0 Å². The van der Waals surface area contributed by atoms with Gasteiger partial charge in [0.2, 0.25) is 0 Å². The van der Waals surface area contributed by atoms with E-state index in [1.807, 2.05) is 0 Å². The first-order valence-electron chi connectivity index (χ1n) is 32.6. The van der Waals surface area contributed by atoms with E-state index in [4.69, 9.17) is 14.2 Å². The number of unbranched alkanes of at least 4 members (excludes halogenated alkanes) is 34. The number of esters is 3. The number of ether oxygens (including phenoxy) is 3. The second kappa shape index (κ2) is 64.1. The summed E-state index contributed by atoms with van der Waals surface area (Å²) in [6.45, 7) is 6.48. The second-order valence-corrected chi connectivity index (χ2v) is 21.6. The molecule has 0 aromatic heterocycles. The number of hydrogen-bond acceptors (Lipinski definition) is 6. The Balaban J connectivity index is 4.06. The van der Waals surface area contributed by atoms with Crippen molar-refractivity contribution in [3.8, 4) is 0 Å². The molecule has 438 valence electrons. The second-order valence-electron chi connectivity index (χ2n) is 21.6. The lowest BCUT2D eigenvalue weighted by Crippen LogP contribution is -2.30. The summed E-state index contributed by atoms with van der Waals surface area (Å²) < 4.78 is 16.8. The van der Waals surface area contributed by atoms with E-state index in [0.717, 1.165) is 96.3 Å². The third-order valence-corrected chi connectivity index (χ3v) is 14.1. The standard InChI is InChI=1S/C70H122O6/c1-4-7-10-13-16-18-20-22-24-26-28-30-32-33-34-35-36-37-39-40-42-44-46-48-50-52-54-57-60-63-69(72)75-66-67(65-74-68(71)62-59-56-15-12-9-6-3)76-70(73)64-61-58-55-53-51-49-47-45-43-41-38-31-29-27-25-23-21-19-17-14-11-8-5-2/h8,11,17,19-20,22-23,25-26,28-29,31-33,67H,4-7,9-10,12-16,18,21,24,27,30,34-66H2,1-3H3/b11-8-,19-17-,22-20-,25-23-,28-26-,31-29-,33-32-. The Labute approximate surface area is 471 Å². The van der Waals surface area contributed by atoms with Crippen molar-refractivity contribution in [2.45, 2.75) is 329 Å². The van der Waals surface area contributed by atoms with Gasteiger partial charge in [0.1, 0.15) is 13.2 Å². The molecule has 0 saturated carbocycles. The van der Waals surface area contributed by atoms with E-state index >= 15 is 0 Å². The van der Waals surface area contributed by atoms with Gasteiger partial charge in [-0.25, -0.2) is 0 Å². The van der Waals surface area contributed by atoms with Crippen LogP contribution in [0, 0.1) is 0 Å². The first kappa shape index (κ1) is 72.6. The normalized spacial score (nSPS) is 12.6. The molecule has 0 N–H and O–H groups in total. The van der Waals surface area contributed by atoms with Crippen LogP contribution in [0.4, 0.5) is 0 Å². The highest BCUT2D eigenvalue weighted by Crippen LogP contribution is 2.17. The summed E-state index contributed by atoms with van der Waals surface area (Å²) in [5.74, 6) is -0.880. The topological polar surface area (TPSA) is 78.9 Å². The Bertz CT molecular complexity index is 1450. The monoisotopic (exact) mass is 1060 g/mol. The molecule has 1 atom stereocenters. The van der Waals surface area contributed by atoms with E-state index in [9.17, 15) is 14.4 Å². The minimum absolute atomic E-state index is 0.0762. The molecule has 0 aliphatic heterocycles. The minimum atomic E-state index is -0.776. The quantitative estimate of drug-likeness (QED) is 0.0261. The molecule has 0 rings (SSSR count). The van der Waals surface area contributed by atoms with Crippen molar-refractivity contribution in [2.24, 2.45) is 0 Å². The SMILES string of the molecule is CC/C=C\C/C=C\C/C=C\C/C=C\CCCCCCCCCCCCC(=O)OC(COC(=O)CCCCCCCC)COC(=O)CCCCCCCCCCCCCCCC/C=C\C/C=C\C/C=C\CCCCCCC. The molecule has 0 amide bonds. The first-order valence-corrected chi connectivity index (χ1v) is 32.6. The summed E-state index contributed by atoms with van der Waals surface area (Å²) in [5.41, 5.74) is 0. The summed E-state index contributed by atoms with van der Waals surface area (Å²) in [7, 11) is 0. The van der Waals surface area contributed by atoms with E-state index < -0.39 is 6.10 Å². The Kier molecular flexibility index (Phi) is 61.2. The third-order valence-electron chi connectivity index (χ3n) is 14.1. The predicted molar refractivity (Wildman–Crippen MR) is 330 cm³/mol. The summed E-state index contributed by atoms with van der Waals surface area (Å²) in [6.07, 6.45) is 84.9. The van der Waals surface area contributed by atoms with Crippen molar-refractivity contribution in [1.82, 2.24) is 0 Å². The van der Waals surface area contributed by atoms with Crippen LogP contribution in [-0.2, 0) is 28.6 Å². The molecule has 0 aromatic carbocycles. The maximum atomic E-state index is 12.8. The van der Waals surface area contributed by atoms with Crippen molar-refractivity contribution < 1.29 is 28.6 Å². The van der Waals surface area contributed by atoms with E-state index in [1.165, 1.54) is 186 Å². The largest absolute Gasteiger partial charge is 0.462 e. The van der Waals surface area contributed by atoms with Gasteiger partial charge in [0.15, 0.2) is 6.10 Å². The van der Waals surface area contributed by atoms with Crippen molar-refractivity contribution in [1.29, 1.82) is 0 Å². The Morgan fingerprint density at radius 3 is 0.803 bits per heavy atom. The van der Waals surface area contributed by atoms with Gasteiger partial charge in [-0.15, -0.1) is 0 Å². The zero-order chi connectivity index (χ0) is 55.0. The highest BCUT2D eigenvalue weighted by Gasteiger charge is 2.19. The van der Waals surface area contributed by atoms with Gasteiger partial charge >= 0.3 is 17.9 Å². The summed E-state index contributed by atoms with van der Waals surface area (Å²) in [5, 5.41) is 0. The highest BCUT2D eigenvalue weighted by atomic mass is 16.6. The van der Waals surface area contributed by atoms with Crippen LogP contribution in [0.25, 0.3) is 0 Å². The van der Waals surface area contributed by atoms with Gasteiger partial charge in [-0.2, -0.15) is 0 Å². The van der Waals surface area contributed by atoms with Gasteiger partial charge in [0, 0.05) is 19.3 Å². The van der Waals surface area contributed by atoms with Crippen LogP contribution >= 0.6 is 0 Å². The van der Waals surface area contributed by atoms with Crippen molar-refractivity contribution in [2.75, 3.05) is 13.2 Å².